The monoisotopic (exact) mass is 408 g/mol. The molecule has 3 N–H and O–H groups in total. The van der Waals surface area contributed by atoms with E-state index < -0.39 is 35.8 Å². The van der Waals surface area contributed by atoms with Crippen LogP contribution in [0.1, 0.15) is 53.0 Å². The van der Waals surface area contributed by atoms with Crippen molar-refractivity contribution in [3.05, 3.63) is 35.9 Å². The van der Waals surface area contributed by atoms with Gasteiger partial charge >= 0.3 is 18.2 Å². The summed E-state index contributed by atoms with van der Waals surface area (Å²) in [6.45, 7) is 9.14. The Morgan fingerprint density at radius 1 is 1.00 bits per heavy atom. The van der Waals surface area contributed by atoms with E-state index in [2.05, 4.69) is 10.6 Å². The molecule has 0 radical (unpaired) electrons. The number of amides is 2. The van der Waals surface area contributed by atoms with Crippen LogP contribution in [0.15, 0.2) is 30.3 Å². The van der Waals surface area contributed by atoms with Gasteiger partial charge in [-0.2, -0.15) is 0 Å². The van der Waals surface area contributed by atoms with Gasteiger partial charge < -0.3 is 25.2 Å². The first kappa shape index (κ1) is 24.3. The van der Waals surface area contributed by atoms with Crippen LogP contribution in [0.4, 0.5) is 9.59 Å². The molecule has 2 atom stereocenters. The number of ether oxygens (including phenoxy) is 2. The van der Waals surface area contributed by atoms with Crippen LogP contribution in [0.3, 0.4) is 0 Å². The van der Waals surface area contributed by atoms with Gasteiger partial charge in [-0.05, 0) is 38.7 Å². The van der Waals surface area contributed by atoms with Crippen LogP contribution in [0.2, 0.25) is 0 Å². The van der Waals surface area contributed by atoms with Crippen LogP contribution in [-0.4, -0.2) is 40.9 Å². The van der Waals surface area contributed by atoms with Crippen LogP contribution >= 0.6 is 0 Å². The smallest absolute Gasteiger partial charge is 0.407 e. The van der Waals surface area contributed by atoms with Crippen molar-refractivity contribution in [3.8, 4) is 0 Å². The number of carboxylic acids is 1. The SMILES string of the molecule is CC(C)C[C@@H](NC(=O)OC(C)(C)C)[C@H](CC(=O)O)NC(=O)OCc1ccccc1. The first-order valence-corrected chi connectivity index (χ1v) is 9.64. The fraction of sp³-hybridized carbons (Fsp3) is 0.571. The quantitative estimate of drug-likeness (QED) is 0.574. The largest absolute Gasteiger partial charge is 0.481 e. The highest BCUT2D eigenvalue weighted by molar-refractivity contribution is 5.72. The zero-order chi connectivity index (χ0) is 22.0. The van der Waals surface area contributed by atoms with Crippen molar-refractivity contribution in [1.82, 2.24) is 10.6 Å². The molecular weight excluding hydrogens is 376 g/mol. The standard InChI is InChI=1S/C21H32N2O6/c1-14(2)11-16(23-20(27)29-21(3,4)5)17(12-18(24)25)22-19(26)28-13-15-9-7-6-8-10-15/h6-10,14,16-17H,11-13H2,1-5H3,(H,22,26)(H,23,27)(H,24,25)/t16-,17+/m1/s1. The van der Waals surface area contributed by atoms with Gasteiger partial charge in [-0.25, -0.2) is 9.59 Å². The number of carboxylic acid groups (broad SMARTS) is 1. The molecule has 8 heteroatoms. The Bertz CT molecular complexity index is 669. The molecule has 0 fully saturated rings. The normalized spacial score (nSPS) is 13.3. The minimum atomic E-state index is -1.10. The fourth-order valence-electron chi connectivity index (χ4n) is 2.69. The third-order valence-corrected chi connectivity index (χ3v) is 3.82. The molecule has 0 saturated heterocycles. The molecule has 8 nitrogen and oxygen atoms in total. The summed E-state index contributed by atoms with van der Waals surface area (Å²) in [5.74, 6) is -0.952. The van der Waals surface area contributed by atoms with Crippen LogP contribution < -0.4 is 10.6 Å². The average Bonchev–Trinajstić information content (AvgIpc) is 2.57. The molecule has 0 bridgehead atoms. The second-order valence-corrected chi connectivity index (χ2v) is 8.29. The third kappa shape index (κ3) is 11.0. The van der Waals surface area contributed by atoms with Gasteiger partial charge in [0.15, 0.2) is 0 Å². The maximum Gasteiger partial charge on any atom is 0.407 e. The lowest BCUT2D eigenvalue weighted by Crippen LogP contribution is -2.53. The molecule has 1 rings (SSSR count). The summed E-state index contributed by atoms with van der Waals surface area (Å²) in [6, 6.07) is 7.64. The van der Waals surface area contributed by atoms with Gasteiger partial charge in [0.25, 0.3) is 0 Å². The highest BCUT2D eigenvalue weighted by atomic mass is 16.6. The molecule has 0 saturated carbocycles. The Kier molecular flexibility index (Phi) is 9.44. The number of alkyl carbamates (subject to hydrolysis) is 2. The number of rotatable bonds is 9. The van der Waals surface area contributed by atoms with Crippen LogP contribution in [0.5, 0.6) is 0 Å². The van der Waals surface area contributed by atoms with E-state index in [0.29, 0.717) is 6.42 Å². The van der Waals surface area contributed by atoms with Crippen LogP contribution in [0, 0.1) is 5.92 Å². The van der Waals surface area contributed by atoms with Gasteiger partial charge in [0, 0.05) is 0 Å². The number of nitrogens with one attached hydrogen (secondary N) is 2. The highest BCUT2D eigenvalue weighted by Gasteiger charge is 2.30. The van der Waals surface area contributed by atoms with Crippen molar-refractivity contribution in [1.29, 1.82) is 0 Å². The minimum Gasteiger partial charge on any atom is -0.481 e. The van der Waals surface area contributed by atoms with Crippen molar-refractivity contribution in [3.63, 3.8) is 0 Å². The van der Waals surface area contributed by atoms with E-state index in [1.807, 2.05) is 44.2 Å². The van der Waals surface area contributed by atoms with E-state index in [4.69, 9.17) is 9.47 Å². The van der Waals surface area contributed by atoms with Crippen molar-refractivity contribution < 1.29 is 29.0 Å². The van der Waals surface area contributed by atoms with E-state index in [1.54, 1.807) is 20.8 Å². The topological polar surface area (TPSA) is 114 Å². The molecule has 1 aromatic carbocycles. The Hall–Kier alpha value is -2.77. The van der Waals surface area contributed by atoms with Gasteiger partial charge in [-0.3, -0.25) is 4.79 Å². The predicted octanol–water partition coefficient (Wildman–Crippen LogP) is 3.70. The lowest BCUT2D eigenvalue weighted by atomic mass is 9.95. The number of aliphatic carboxylic acids is 1. The molecule has 0 heterocycles. The number of hydrogen-bond acceptors (Lipinski definition) is 5. The van der Waals surface area contributed by atoms with Crippen LogP contribution in [0.25, 0.3) is 0 Å². The molecule has 162 valence electrons. The summed E-state index contributed by atoms with van der Waals surface area (Å²) in [5, 5.41) is 14.5. The van der Waals surface area contributed by atoms with E-state index in [1.165, 1.54) is 0 Å². The molecule has 29 heavy (non-hydrogen) atoms. The van der Waals surface area contributed by atoms with E-state index >= 15 is 0 Å². The Morgan fingerprint density at radius 3 is 2.10 bits per heavy atom. The number of carbonyl (C=O) groups excluding carboxylic acids is 2. The van der Waals surface area contributed by atoms with Gasteiger partial charge in [0.05, 0.1) is 18.5 Å². The zero-order valence-electron chi connectivity index (χ0n) is 17.7. The van der Waals surface area contributed by atoms with Gasteiger partial charge in [0.1, 0.15) is 12.2 Å². The molecule has 0 spiro atoms. The zero-order valence-corrected chi connectivity index (χ0v) is 17.7. The summed E-state index contributed by atoms with van der Waals surface area (Å²) in [6.07, 6.45) is -1.33. The molecule has 0 aromatic heterocycles. The van der Waals surface area contributed by atoms with Crippen molar-refractivity contribution in [2.75, 3.05) is 0 Å². The predicted molar refractivity (Wildman–Crippen MR) is 108 cm³/mol. The number of hydrogen-bond donors (Lipinski definition) is 3. The first-order chi connectivity index (χ1) is 13.5. The minimum absolute atomic E-state index is 0.0564. The summed E-state index contributed by atoms with van der Waals surface area (Å²) in [5.41, 5.74) is 0.111. The molecule has 0 aliphatic heterocycles. The fourth-order valence-corrected chi connectivity index (χ4v) is 2.69. The van der Waals surface area contributed by atoms with Gasteiger partial charge in [-0.15, -0.1) is 0 Å². The number of benzene rings is 1. The second kappa shape index (κ2) is 11.3. The summed E-state index contributed by atoms with van der Waals surface area (Å²) in [4.78, 5) is 35.8. The molecular formula is C21H32N2O6. The average molecular weight is 408 g/mol. The number of carbonyl (C=O) groups is 3. The maximum atomic E-state index is 12.2. The summed E-state index contributed by atoms with van der Waals surface area (Å²) >= 11 is 0. The Labute approximate surface area is 172 Å². The van der Waals surface area contributed by atoms with E-state index in [0.717, 1.165) is 5.56 Å². The van der Waals surface area contributed by atoms with Crippen LogP contribution in [-0.2, 0) is 20.9 Å². The lowest BCUT2D eigenvalue weighted by molar-refractivity contribution is -0.137. The maximum absolute atomic E-state index is 12.2. The van der Waals surface area contributed by atoms with Crippen molar-refractivity contribution in [2.24, 2.45) is 5.92 Å². The van der Waals surface area contributed by atoms with Gasteiger partial charge in [-0.1, -0.05) is 44.2 Å². The molecule has 0 aliphatic rings. The molecule has 0 unspecified atom stereocenters. The van der Waals surface area contributed by atoms with E-state index in [9.17, 15) is 19.5 Å². The molecule has 1 aromatic rings. The molecule has 2 amide bonds. The Morgan fingerprint density at radius 2 is 1.59 bits per heavy atom. The lowest BCUT2D eigenvalue weighted by Gasteiger charge is -2.30. The second-order valence-electron chi connectivity index (χ2n) is 8.29. The first-order valence-electron chi connectivity index (χ1n) is 9.64. The van der Waals surface area contributed by atoms with Crippen molar-refractivity contribution in [2.45, 2.75) is 71.8 Å². The Balaban J connectivity index is 2.83. The van der Waals surface area contributed by atoms with Gasteiger partial charge in [0.2, 0.25) is 0 Å². The third-order valence-electron chi connectivity index (χ3n) is 3.82. The summed E-state index contributed by atoms with van der Waals surface area (Å²) < 4.78 is 10.5. The van der Waals surface area contributed by atoms with E-state index in [-0.39, 0.29) is 18.9 Å². The molecule has 0 aliphatic carbocycles. The van der Waals surface area contributed by atoms with Crippen molar-refractivity contribution >= 4 is 18.2 Å². The summed E-state index contributed by atoms with van der Waals surface area (Å²) in [7, 11) is 0. The highest BCUT2D eigenvalue weighted by Crippen LogP contribution is 2.14.